The molecule has 3 rings (SSSR count). The predicted octanol–water partition coefficient (Wildman–Crippen LogP) is 1.88. The standard InChI is InChI=1S/C17H16FN5O/c1-11-20-6-4-16(21-11)12-2-3-14(15(18)8-12)17(24)22-13-5-7-23(9-13)10-19/h2-4,6,8,13H,5,7,9H2,1H3,(H,22,24)/t13-/m1/s1. The van der Waals surface area contributed by atoms with Crippen molar-refractivity contribution in [1.29, 1.82) is 5.26 Å². The van der Waals surface area contributed by atoms with Crippen LogP contribution in [0.1, 0.15) is 22.6 Å². The van der Waals surface area contributed by atoms with Gasteiger partial charge in [-0.15, -0.1) is 0 Å². The number of rotatable bonds is 3. The molecule has 0 unspecified atom stereocenters. The molecule has 0 bridgehead atoms. The number of aromatic nitrogens is 2. The van der Waals surface area contributed by atoms with E-state index in [1.54, 1.807) is 30.2 Å². The Morgan fingerprint density at radius 2 is 2.29 bits per heavy atom. The molecule has 1 aromatic heterocycles. The van der Waals surface area contributed by atoms with Crippen molar-refractivity contribution in [3.63, 3.8) is 0 Å². The molecule has 6 nitrogen and oxygen atoms in total. The average Bonchev–Trinajstić information content (AvgIpc) is 3.02. The fourth-order valence-electron chi connectivity index (χ4n) is 2.71. The van der Waals surface area contributed by atoms with Crippen LogP contribution in [0.4, 0.5) is 4.39 Å². The molecular weight excluding hydrogens is 309 g/mol. The molecule has 0 radical (unpaired) electrons. The number of carbonyl (C=O) groups is 1. The van der Waals surface area contributed by atoms with Gasteiger partial charge in [0.15, 0.2) is 6.19 Å². The van der Waals surface area contributed by atoms with Gasteiger partial charge in [-0.25, -0.2) is 14.4 Å². The number of halogens is 1. The van der Waals surface area contributed by atoms with Crippen LogP contribution in [0.25, 0.3) is 11.3 Å². The van der Waals surface area contributed by atoms with Crippen molar-refractivity contribution in [2.24, 2.45) is 0 Å². The molecule has 1 N–H and O–H groups in total. The van der Waals surface area contributed by atoms with E-state index in [-0.39, 0.29) is 11.6 Å². The van der Waals surface area contributed by atoms with Crippen LogP contribution in [0.2, 0.25) is 0 Å². The van der Waals surface area contributed by atoms with Gasteiger partial charge in [0.25, 0.3) is 5.91 Å². The summed E-state index contributed by atoms with van der Waals surface area (Å²) in [5, 5.41) is 11.6. The third kappa shape index (κ3) is 3.33. The first kappa shape index (κ1) is 15.9. The quantitative estimate of drug-likeness (QED) is 0.871. The number of nitrogens with one attached hydrogen (secondary N) is 1. The van der Waals surface area contributed by atoms with Gasteiger partial charge in [-0.3, -0.25) is 4.79 Å². The Balaban J connectivity index is 1.75. The Bertz CT molecular complexity index is 817. The van der Waals surface area contributed by atoms with E-state index in [1.165, 1.54) is 12.1 Å². The zero-order valence-electron chi connectivity index (χ0n) is 13.2. The topological polar surface area (TPSA) is 81.9 Å². The molecular formula is C17H16FN5O. The minimum Gasteiger partial charge on any atom is -0.347 e. The van der Waals surface area contributed by atoms with Crippen LogP contribution in [-0.4, -0.2) is 39.9 Å². The highest BCUT2D eigenvalue weighted by molar-refractivity contribution is 5.95. The van der Waals surface area contributed by atoms with Gasteiger partial charge in [0, 0.05) is 30.9 Å². The van der Waals surface area contributed by atoms with Crippen molar-refractivity contribution in [2.75, 3.05) is 13.1 Å². The SMILES string of the molecule is Cc1nccc(-c2ccc(C(=O)N[C@@H]3CCN(C#N)C3)c(F)c2)n1. The summed E-state index contributed by atoms with van der Waals surface area (Å²) in [6.45, 7) is 2.83. The number of amides is 1. The highest BCUT2D eigenvalue weighted by atomic mass is 19.1. The Hall–Kier alpha value is -3.01. The minimum atomic E-state index is -0.601. The van der Waals surface area contributed by atoms with Crippen LogP contribution in [0.3, 0.4) is 0 Å². The molecule has 1 aliphatic rings. The van der Waals surface area contributed by atoms with Gasteiger partial charge in [0.2, 0.25) is 0 Å². The zero-order valence-corrected chi connectivity index (χ0v) is 13.2. The summed E-state index contributed by atoms with van der Waals surface area (Å²) in [5.74, 6) is -0.475. The first-order valence-corrected chi connectivity index (χ1v) is 7.62. The second kappa shape index (κ2) is 6.62. The van der Waals surface area contributed by atoms with Crippen LogP contribution < -0.4 is 5.32 Å². The van der Waals surface area contributed by atoms with Crippen molar-refractivity contribution >= 4 is 5.91 Å². The Kier molecular flexibility index (Phi) is 4.38. The fourth-order valence-corrected chi connectivity index (χ4v) is 2.71. The maximum atomic E-state index is 14.3. The smallest absolute Gasteiger partial charge is 0.254 e. The molecule has 2 aromatic rings. The molecule has 0 saturated carbocycles. The Morgan fingerprint density at radius 3 is 2.96 bits per heavy atom. The third-order valence-electron chi connectivity index (χ3n) is 3.95. The van der Waals surface area contributed by atoms with Crippen molar-refractivity contribution in [3.8, 4) is 17.5 Å². The molecule has 1 aromatic carbocycles. The molecule has 122 valence electrons. The van der Waals surface area contributed by atoms with E-state index in [0.29, 0.717) is 36.6 Å². The molecule has 1 aliphatic heterocycles. The lowest BCUT2D eigenvalue weighted by atomic mass is 10.1. The van der Waals surface area contributed by atoms with Crippen molar-refractivity contribution in [2.45, 2.75) is 19.4 Å². The van der Waals surface area contributed by atoms with E-state index in [1.807, 2.05) is 6.19 Å². The summed E-state index contributed by atoms with van der Waals surface area (Å²) in [7, 11) is 0. The summed E-state index contributed by atoms with van der Waals surface area (Å²) < 4.78 is 14.3. The lowest BCUT2D eigenvalue weighted by Crippen LogP contribution is -2.36. The van der Waals surface area contributed by atoms with E-state index in [4.69, 9.17) is 5.26 Å². The summed E-state index contributed by atoms with van der Waals surface area (Å²) >= 11 is 0. The van der Waals surface area contributed by atoms with Gasteiger partial charge < -0.3 is 10.2 Å². The van der Waals surface area contributed by atoms with Crippen molar-refractivity contribution in [1.82, 2.24) is 20.2 Å². The second-order valence-corrected chi connectivity index (χ2v) is 5.69. The highest BCUT2D eigenvalue weighted by Gasteiger charge is 2.24. The van der Waals surface area contributed by atoms with Gasteiger partial charge in [0.05, 0.1) is 11.3 Å². The number of benzene rings is 1. The molecule has 0 aliphatic carbocycles. The van der Waals surface area contributed by atoms with E-state index >= 15 is 0 Å². The molecule has 1 fully saturated rings. The number of nitriles is 1. The number of aryl methyl sites for hydroxylation is 1. The molecule has 2 heterocycles. The lowest BCUT2D eigenvalue weighted by molar-refractivity contribution is 0.0935. The average molecular weight is 325 g/mol. The van der Waals surface area contributed by atoms with Gasteiger partial charge in [0.1, 0.15) is 11.6 Å². The monoisotopic (exact) mass is 325 g/mol. The third-order valence-corrected chi connectivity index (χ3v) is 3.95. The molecule has 24 heavy (non-hydrogen) atoms. The maximum absolute atomic E-state index is 14.3. The predicted molar refractivity (Wildman–Crippen MR) is 85.2 cm³/mol. The molecule has 7 heteroatoms. The van der Waals surface area contributed by atoms with E-state index in [2.05, 4.69) is 15.3 Å². The molecule has 1 saturated heterocycles. The number of hydrogen-bond acceptors (Lipinski definition) is 5. The number of nitrogens with zero attached hydrogens (tertiary/aromatic N) is 4. The first-order valence-electron chi connectivity index (χ1n) is 7.62. The highest BCUT2D eigenvalue weighted by Crippen LogP contribution is 2.20. The zero-order chi connectivity index (χ0) is 17.1. The van der Waals surface area contributed by atoms with Crippen LogP contribution >= 0.6 is 0 Å². The molecule has 1 amide bonds. The van der Waals surface area contributed by atoms with Crippen LogP contribution in [0.5, 0.6) is 0 Å². The Labute approximate surface area is 139 Å². The van der Waals surface area contributed by atoms with Crippen LogP contribution in [0, 0.1) is 24.2 Å². The van der Waals surface area contributed by atoms with Gasteiger partial charge in [-0.05, 0) is 31.5 Å². The maximum Gasteiger partial charge on any atom is 0.254 e. The van der Waals surface area contributed by atoms with Gasteiger partial charge in [-0.2, -0.15) is 5.26 Å². The van der Waals surface area contributed by atoms with Gasteiger partial charge in [-0.1, -0.05) is 6.07 Å². The number of likely N-dealkylation sites (tertiary alicyclic amines) is 1. The fraction of sp³-hybridized carbons (Fsp3) is 0.294. The summed E-state index contributed by atoms with van der Waals surface area (Å²) in [6, 6.07) is 5.97. The second-order valence-electron chi connectivity index (χ2n) is 5.69. The summed E-state index contributed by atoms with van der Waals surface area (Å²) in [6.07, 6.45) is 4.33. The lowest BCUT2D eigenvalue weighted by Gasteiger charge is -2.13. The number of carbonyl (C=O) groups excluding carboxylic acids is 1. The first-order chi connectivity index (χ1) is 11.6. The van der Waals surface area contributed by atoms with Crippen molar-refractivity contribution in [3.05, 3.63) is 47.7 Å². The minimum absolute atomic E-state index is 0.0139. The summed E-state index contributed by atoms with van der Waals surface area (Å²) in [4.78, 5) is 22.1. The van der Waals surface area contributed by atoms with Crippen molar-refractivity contribution < 1.29 is 9.18 Å². The molecule has 0 spiro atoms. The molecule has 1 atom stereocenters. The van der Waals surface area contributed by atoms with Crippen LogP contribution in [0.15, 0.2) is 30.5 Å². The Morgan fingerprint density at radius 1 is 1.46 bits per heavy atom. The van der Waals surface area contributed by atoms with E-state index < -0.39 is 11.7 Å². The van der Waals surface area contributed by atoms with Gasteiger partial charge >= 0.3 is 0 Å². The number of hydrogen-bond donors (Lipinski definition) is 1. The van der Waals surface area contributed by atoms with E-state index in [0.717, 1.165) is 0 Å². The normalized spacial score (nSPS) is 16.7. The summed E-state index contributed by atoms with van der Waals surface area (Å²) in [5.41, 5.74) is 1.18. The van der Waals surface area contributed by atoms with Crippen LogP contribution in [-0.2, 0) is 0 Å². The van der Waals surface area contributed by atoms with E-state index in [9.17, 15) is 9.18 Å². The largest absolute Gasteiger partial charge is 0.347 e.